The molecule has 0 radical (unpaired) electrons. The quantitative estimate of drug-likeness (QED) is 0.464. The van der Waals surface area contributed by atoms with E-state index in [1.807, 2.05) is 17.0 Å². The molecule has 1 aliphatic rings. The highest BCUT2D eigenvalue weighted by Gasteiger charge is 2.25. The van der Waals surface area contributed by atoms with Crippen LogP contribution in [0.1, 0.15) is 61.8 Å². The third-order valence-electron chi connectivity index (χ3n) is 6.61. The number of nitrogens with zero attached hydrogens (tertiary/aromatic N) is 2. The second-order valence-corrected chi connectivity index (χ2v) is 8.67. The number of amides is 1. The number of nitrogens with one attached hydrogen (secondary N) is 1. The number of benzene rings is 2. The van der Waals surface area contributed by atoms with E-state index in [1.54, 1.807) is 33.2 Å². The van der Waals surface area contributed by atoms with Gasteiger partial charge in [0.2, 0.25) is 5.91 Å². The van der Waals surface area contributed by atoms with Gasteiger partial charge in [-0.2, -0.15) is 0 Å². The fourth-order valence-corrected chi connectivity index (χ4v) is 4.70. The summed E-state index contributed by atoms with van der Waals surface area (Å²) in [5, 5.41) is 4.12. The van der Waals surface area contributed by atoms with Crippen molar-refractivity contribution in [3.8, 4) is 5.75 Å². The summed E-state index contributed by atoms with van der Waals surface area (Å²) in [5.41, 5.74) is 2.04. The van der Waals surface area contributed by atoms with Crippen molar-refractivity contribution in [2.24, 2.45) is 0 Å². The monoisotopic (exact) mass is 471 g/mol. The maximum absolute atomic E-state index is 14.7. The van der Waals surface area contributed by atoms with Crippen molar-refractivity contribution in [3.63, 3.8) is 0 Å². The Balaban J connectivity index is 1.67. The predicted molar refractivity (Wildman–Crippen MR) is 126 cm³/mol. The smallest absolute Gasteiger partial charge is 0.266 e. The summed E-state index contributed by atoms with van der Waals surface area (Å²) in [7, 11) is 1.62. The number of carbonyl (C=O) groups is 1. The summed E-state index contributed by atoms with van der Waals surface area (Å²) >= 11 is 0. The van der Waals surface area contributed by atoms with E-state index in [0.29, 0.717) is 18.6 Å². The van der Waals surface area contributed by atoms with Gasteiger partial charge in [-0.3, -0.25) is 9.78 Å². The van der Waals surface area contributed by atoms with Crippen LogP contribution in [0.25, 0.3) is 10.9 Å². The predicted octanol–water partition coefficient (Wildman–Crippen LogP) is 6.22. The van der Waals surface area contributed by atoms with Gasteiger partial charge >= 0.3 is 0 Å². The maximum atomic E-state index is 14.7. The fraction of sp³-hybridized carbons (Fsp3) is 0.385. The number of hydrogen-bond acceptors (Lipinski definition) is 4. The van der Waals surface area contributed by atoms with Crippen molar-refractivity contribution in [1.82, 2.24) is 9.88 Å². The second kappa shape index (κ2) is 9.91. The van der Waals surface area contributed by atoms with Crippen molar-refractivity contribution in [2.45, 2.75) is 45.1 Å². The van der Waals surface area contributed by atoms with Crippen molar-refractivity contribution < 1.29 is 22.7 Å². The van der Waals surface area contributed by atoms with Crippen LogP contribution < -0.4 is 10.1 Å². The zero-order valence-electron chi connectivity index (χ0n) is 19.4. The standard InChI is InChI=1S/C26H28F3N3O2/c1-15(18-5-4-6-19(25(18)27)26(28)29)31-22-7-10-30-23-14-24(34-3)20(13-21(22)23)17-8-11-32(12-9-17)16(2)33/h4-7,10,13-15,17,26H,8-9,11-12H2,1-3H3,(H,30,31)/t15-/m1/s1. The normalized spacial score (nSPS) is 15.6. The van der Waals surface area contributed by atoms with E-state index < -0.39 is 23.8 Å². The molecule has 0 aliphatic carbocycles. The number of rotatable bonds is 6. The molecule has 1 aromatic heterocycles. The number of ether oxygens (including phenoxy) is 1. The molecule has 8 heteroatoms. The number of alkyl halides is 2. The zero-order valence-corrected chi connectivity index (χ0v) is 19.4. The summed E-state index contributed by atoms with van der Waals surface area (Å²) in [4.78, 5) is 18.0. The van der Waals surface area contributed by atoms with Crippen LogP contribution in [0, 0.1) is 5.82 Å². The average Bonchev–Trinajstić information content (AvgIpc) is 2.83. The molecular weight excluding hydrogens is 443 g/mol. The Labute approximate surface area is 196 Å². The highest BCUT2D eigenvalue weighted by molar-refractivity contribution is 5.93. The number of pyridine rings is 1. The van der Waals surface area contributed by atoms with E-state index in [9.17, 15) is 18.0 Å². The van der Waals surface area contributed by atoms with Gasteiger partial charge in [0.25, 0.3) is 6.43 Å². The molecule has 1 aliphatic heterocycles. The molecule has 0 spiro atoms. The van der Waals surface area contributed by atoms with Gasteiger partial charge in [-0.25, -0.2) is 13.2 Å². The van der Waals surface area contributed by atoms with Crippen LogP contribution in [0.2, 0.25) is 0 Å². The van der Waals surface area contributed by atoms with Gasteiger partial charge in [-0.1, -0.05) is 18.2 Å². The first-order chi connectivity index (χ1) is 16.3. The molecule has 4 rings (SSSR count). The number of likely N-dealkylation sites (tertiary alicyclic amines) is 1. The van der Waals surface area contributed by atoms with Crippen molar-refractivity contribution in [3.05, 3.63) is 65.1 Å². The molecule has 2 heterocycles. The molecule has 1 N–H and O–H groups in total. The minimum Gasteiger partial charge on any atom is -0.496 e. The molecule has 1 saturated heterocycles. The highest BCUT2D eigenvalue weighted by atomic mass is 19.3. The summed E-state index contributed by atoms with van der Waals surface area (Å²) in [6.45, 7) is 4.70. The number of fused-ring (bicyclic) bond motifs is 1. The molecule has 180 valence electrons. The lowest BCUT2D eigenvalue weighted by molar-refractivity contribution is -0.129. The second-order valence-electron chi connectivity index (χ2n) is 8.67. The number of piperidine rings is 1. The van der Waals surface area contributed by atoms with Crippen LogP contribution in [0.15, 0.2) is 42.6 Å². The zero-order chi connectivity index (χ0) is 24.4. The molecule has 0 unspecified atom stereocenters. The first-order valence-corrected chi connectivity index (χ1v) is 11.3. The third-order valence-corrected chi connectivity index (χ3v) is 6.61. The Hall–Kier alpha value is -3.29. The van der Waals surface area contributed by atoms with Crippen molar-refractivity contribution >= 4 is 22.5 Å². The van der Waals surface area contributed by atoms with Gasteiger partial charge in [0, 0.05) is 48.9 Å². The Morgan fingerprint density at radius 1 is 1.18 bits per heavy atom. The Morgan fingerprint density at radius 2 is 1.88 bits per heavy atom. The van der Waals surface area contributed by atoms with Gasteiger partial charge in [-0.05, 0) is 43.4 Å². The van der Waals surface area contributed by atoms with E-state index in [1.165, 1.54) is 12.1 Å². The van der Waals surface area contributed by atoms with Gasteiger partial charge in [0.1, 0.15) is 11.6 Å². The van der Waals surface area contributed by atoms with Crippen LogP contribution in [0.3, 0.4) is 0 Å². The summed E-state index contributed by atoms with van der Waals surface area (Å²) in [5.74, 6) is 0.148. The van der Waals surface area contributed by atoms with Crippen LogP contribution in [-0.4, -0.2) is 36.0 Å². The Kier molecular flexibility index (Phi) is 6.95. The van der Waals surface area contributed by atoms with E-state index in [2.05, 4.69) is 10.3 Å². The van der Waals surface area contributed by atoms with E-state index >= 15 is 0 Å². The van der Waals surface area contributed by atoms with E-state index in [-0.39, 0.29) is 17.4 Å². The van der Waals surface area contributed by atoms with E-state index in [0.717, 1.165) is 41.3 Å². The molecule has 1 amide bonds. The number of halogens is 3. The molecule has 34 heavy (non-hydrogen) atoms. The fourth-order valence-electron chi connectivity index (χ4n) is 4.70. The summed E-state index contributed by atoms with van der Waals surface area (Å²) < 4.78 is 46.7. The first kappa shape index (κ1) is 23.9. The average molecular weight is 472 g/mol. The van der Waals surface area contributed by atoms with Crippen LogP contribution in [0.4, 0.5) is 18.9 Å². The van der Waals surface area contributed by atoms with Crippen LogP contribution in [-0.2, 0) is 4.79 Å². The largest absolute Gasteiger partial charge is 0.496 e. The third kappa shape index (κ3) is 4.67. The summed E-state index contributed by atoms with van der Waals surface area (Å²) in [6, 6.07) is 9.23. The Bertz CT molecular complexity index is 1190. The van der Waals surface area contributed by atoms with Gasteiger partial charge in [0.05, 0.1) is 24.2 Å². The molecule has 1 fully saturated rings. The number of carbonyl (C=O) groups excluding carboxylic acids is 1. The molecule has 2 aromatic carbocycles. The molecule has 5 nitrogen and oxygen atoms in total. The van der Waals surface area contributed by atoms with Crippen LogP contribution in [0.5, 0.6) is 5.75 Å². The summed E-state index contributed by atoms with van der Waals surface area (Å²) in [6.07, 6.45) is 0.422. The molecule has 0 bridgehead atoms. The van der Waals surface area contributed by atoms with E-state index in [4.69, 9.17) is 4.74 Å². The first-order valence-electron chi connectivity index (χ1n) is 11.3. The minimum atomic E-state index is -2.88. The van der Waals surface area contributed by atoms with Gasteiger partial charge < -0.3 is 15.0 Å². The maximum Gasteiger partial charge on any atom is 0.266 e. The number of hydrogen-bond donors (Lipinski definition) is 1. The lowest BCUT2D eigenvalue weighted by atomic mass is 9.87. The number of aromatic nitrogens is 1. The molecule has 1 atom stereocenters. The highest BCUT2D eigenvalue weighted by Crippen LogP contribution is 2.39. The SMILES string of the molecule is COc1cc2nccc(N[C@H](C)c3cccc(C(F)F)c3F)c2cc1C1CCN(C(C)=O)CC1. The number of anilines is 1. The minimum absolute atomic E-state index is 0.0803. The van der Waals surface area contributed by atoms with Gasteiger partial charge in [0.15, 0.2) is 0 Å². The Morgan fingerprint density at radius 3 is 2.53 bits per heavy atom. The van der Waals surface area contributed by atoms with Crippen molar-refractivity contribution in [1.29, 1.82) is 0 Å². The van der Waals surface area contributed by atoms with Crippen molar-refractivity contribution in [2.75, 3.05) is 25.5 Å². The van der Waals surface area contributed by atoms with Crippen LogP contribution >= 0.6 is 0 Å². The lowest BCUT2D eigenvalue weighted by Crippen LogP contribution is -2.36. The lowest BCUT2D eigenvalue weighted by Gasteiger charge is -2.32. The molecule has 0 saturated carbocycles. The topological polar surface area (TPSA) is 54.5 Å². The van der Waals surface area contributed by atoms with Gasteiger partial charge in [-0.15, -0.1) is 0 Å². The number of methoxy groups -OCH3 is 1. The molecular formula is C26H28F3N3O2. The molecule has 3 aromatic rings.